The maximum atomic E-state index is 12.8. The molecule has 0 aliphatic rings. The molecule has 0 bridgehead atoms. The maximum Gasteiger partial charge on any atom is 0.311 e. The summed E-state index contributed by atoms with van der Waals surface area (Å²) in [7, 11) is 1.54. The summed E-state index contributed by atoms with van der Waals surface area (Å²) < 4.78 is 10.1. The van der Waals surface area contributed by atoms with Crippen LogP contribution < -0.4 is 5.32 Å². The molecule has 0 saturated carbocycles. The van der Waals surface area contributed by atoms with E-state index in [2.05, 4.69) is 5.32 Å². The minimum atomic E-state index is -0.807. The van der Waals surface area contributed by atoms with Crippen LogP contribution in [0.5, 0.6) is 11.5 Å². The fourth-order valence-electron chi connectivity index (χ4n) is 3.08. The van der Waals surface area contributed by atoms with Crippen molar-refractivity contribution in [3.05, 3.63) is 23.8 Å². The minimum absolute atomic E-state index is 0.129. The molecule has 0 saturated heterocycles. The number of hydrogen-bond donors (Lipinski definition) is 3. The third-order valence-electron chi connectivity index (χ3n) is 4.97. The van der Waals surface area contributed by atoms with Gasteiger partial charge in [-0.2, -0.15) is 0 Å². The number of rotatable bonds is 11. The maximum absolute atomic E-state index is 12.8. The Morgan fingerprint density at radius 1 is 1.11 bits per heavy atom. The Morgan fingerprint density at radius 3 is 2.36 bits per heavy atom. The fourth-order valence-corrected chi connectivity index (χ4v) is 3.08. The van der Waals surface area contributed by atoms with Crippen molar-refractivity contribution in [2.45, 2.75) is 47.0 Å². The van der Waals surface area contributed by atoms with E-state index in [0.29, 0.717) is 32.4 Å². The van der Waals surface area contributed by atoms with Crippen molar-refractivity contribution in [1.82, 2.24) is 5.32 Å². The molecular weight excluding hydrogens is 362 g/mol. The molecule has 1 aromatic rings. The molecule has 0 heterocycles. The third-order valence-corrected chi connectivity index (χ3v) is 4.97. The Bertz CT molecular complexity index is 673. The van der Waals surface area contributed by atoms with Crippen LogP contribution in [0.25, 0.3) is 0 Å². The van der Waals surface area contributed by atoms with E-state index in [1.807, 2.05) is 13.8 Å². The predicted octanol–water partition coefficient (Wildman–Crippen LogP) is 2.78. The number of methoxy groups -OCH3 is 1. The van der Waals surface area contributed by atoms with E-state index >= 15 is 0 Å². The number of esters is 1. The van der Waals surface area contributed by atoms with Crippen LogP contribution in [0.2, 0.25) is 0 Å². The fraction of sp³-hybridized carbons (Fsp3) is 0.619. The predicted molar refractivity (Wildman–Crippen MR) is 106 cm³/mol. The van der Waals surface area contributed by atoms with Crippen molar-refractivity contribution < 1.29 is 29.3 Å². The van der Waals surface area contributed by atoms with Gasteiger partial charge in [0.25, 0.3) is 0 Å². The monoisotopic (exact) mass is 395 g/mol. The van der Waals surface area contributed by atoms with Gasteiger partial charge < -0.3 is 25.0 Å². The van der Waals surface area contributed by atoms with E-state index in [-0.39, 0.29) is 30.0 Å². The first kappa shape index (κ1) is 23.8. The summed E-state index contributed by atoms with van der Waals surface area (Å²) >= 11 is 0. The van der Waals surface area contributed by atoms with Crippen LogP contribution in [0.15, 0.2) is 18.2 Å². The number of phenolic OH excluding ortho intramolecular Hbond substituents is 2. The Balaban J connectivity index is 2.65. The topological polar surface area (TPSA) is 105 Å². The van der Waals surface area contributed by atoms with Crippen LogP contribution in [0.4, 0.5) is 0 Å². The number of amides is 1. The highest BCUT2D eigenvalue weighted by atomic mass is 16.6. The zero-order valence-corrected chi connectivity index (χ0v) is 17.5. The van der Waals surface area contributed by atoms with Crippen LogP contribution in [-0.2, 0) is 25.5 Å². The summed E-state index contributed by atoms with van der Waals surface area (Å²) in [6.07, 6.45) is 1.45. The molecule has 0 spiro atoms. The largest absolute Gasteiger partial charge is 0.504 e. The highest BCUT2D eigenvalue weighted by Gasteiger charge is 2.41. The van der Waals surface area contributed by atoms with Gasteiger partial charge in [-0.3, -0.25) is 9.59 Å². The van der Waals surface area contributed by atoms with Gasteiger partial charge in [-0.1, -0.05) is 19.9 Å². The quantitative estimate of drug-likeness (QED) is 0.302. The minimum Gasteiger partial charge on any atom is -0.504 e. The summed E-state index contributed by atoms with van der Waals surface area (Å²) in [5.41, 5.74) is -0.727. The zero-order chi connectivity index (χ0) is 21.4. The first-order chi connectivity index (χ1) is 13.1. The molecule has 1 amide bonds. The van der Waals surface area contributed by atoms with Crippen molar-refractivity contribution in [1.29, 1.82) is 0 Å². The molecule has 28 heavy (non-hydrogen) atoms. The number of hydrogen-bond acceptors (Lipinski definition) is 6. The second kappa shape index (κ2) is 10.3. The van der Waals surface area contributed by atoms with Crippen molar-refractivity contribution in [3.8, 4) is 11.5 Å². The number of phenols is 2. The number of ether oxygens (including phenoxy) is 2. The van der Waals surface area contributed by atoms with E-state index in [9.17, 15) is 19.8 Å². The van der Waals surface area contributed by atoms with Gasteiger partial charge >= 0.3 is 5.97 Å². The number of aromatic hydroxyl groups is 2. The SMILES string of the molecule is CCC(C)(CC(C)(C)C(=O)OCCOC)C(=O)NCCc1ccc(O)c(O)c1. The van der Waals surface area contributed by atoms with Gasteiger partial charge in [0, 0.05) is 19.1 Å². The van der Waals surface area contributed by atoms with Crippen LogP contribution in [-0.4, -0.2) is 49.0 Å². The molecule has 7 heteroatoms. The zero-order valence-electron chi connectivity index (χ0n) is 17.5. The summed E-state index contributed by atoms with van der Waals surface area (Å²) in [6.45, 7) is 8.23. The third kappa shape index (κ3) is 6.71. The Kier molecular flexibility index (Phi) is 8.75. The number of nitrogens with one attached hydrogen (secondary N) is 1. The lowest BCUT2D eigenvalue weighted by atomic mass is 9.72. The molecule has 1 aromatic carbocycles. The van der Waals surface area contributed by atoms with E-state index in [1.54, 1.807) is 19.9 Å². The highest BCUT2D eigenvalue weighted by Crippen LogP contribution is 2.37. The molecule has 7 nitrogen and oxygen atoms in total. The average Bonchev–Trinajstić information content (AvgIpc) is 2.64. The van der Waals surface area contributed by atoms with Crippen molar-refractivity contribution in [3.63, 3.8) is 0 Å². The molecule has 0 fully saturated rings. The number of carbonyl (C=O) groups is 2. The lowest BCUT2D eigenvalue weighted by Gasteiger charge is -2.34. The smallest absolute Gasteiger partial charge is 0.311 e. The molecule has 0 aliphatic carbocycles. The van der Waals surface area contributed by atoms with Crippen LogP contribution >= 0.6 is 0 Å². The molecule has 0 aliphatic heterocycles. The lowest BCUT2D eigenvalue weighted by Crippen LogP contribution is -2.44. The normalized spacial score (nSPS) is 13.6. The van der Waals surface area contributed by atoms with Crippen LogP contribution in [0.1, 0.15) is 46.1 Å². The Morgan fingerprint density at radius 2 is 1.79 bits per heavy atom. The van der Waals surface area contributed by atoms with E-state index < -0.39 is 10.8 Å². The summed E-state index contributed by atoms with van der Waals surface area (Å²) in [4.78, 5) is 25.2. The molecule has 1 rings (SSSR count). The van der Waals surface area contributed by atoms with Gasteiger partial charge in [0.05, 0.1) is 12.0 Å². The van der Waals surface area contributed by atoms with Gasteiger partial charge in [0.1, 0.15) is 6.61 Å². The summed E-state index contributed by atoms with van der Waals surface area (Å²) in [5, 5.41) is 21.8. The van der Waals surface area contributed by atoms with E-state index in [0.717, 1.165) is 5.56 Å². The summed E-state index contributed by atoms with van der Waals surface area (Å²) in [5.74, 6) is -0.839. The average molecular weight is 395 g/mol. The molecule has 1 atom stereocenters. The van der Waals surface area contributed by atoms with Gasteiger partial charge in [-0.05, 0) is 50.8 Å². The van der Waals surface area contributed by atoms with Crippen molar-refractivity contribution >= 4 is 11.9 Å². The number of carbonyl (C=O) groups excluding carboxylic acids is 2. The summed E-state index contributed by atoms with van der Waals surface area (Å²) in [6, 6.07) is 4.58. The second-order valence-electron chi connectivity index (χ2n) is 7.93. The van der Waals surface area contributed by atoms with E-state index in [4.69, 9.17) is 9.47 Å². The van der Waals surface area contributed by atoms with Gasteiger partial charge in [0.15, 0.2) is 11.5 Å². The molecule has 0 radical (unpaired) electrons. The standard InChI is InChI=1S/C21H33NO6/c1-6-21(4,14-20(2,3)19(26)28-12-11-27-5)18(25)22-10-9-15-7-8-16(23)17(24)13-15/h7-8,13,23-24H,6,9-12,14H2,1-5H3,(H,22,25). The van der Waals surface area contributed by atoms with Crippen molar-refractivity contribution in [2.75, 3.05) is 26.9 Å². The Labute approximate surface area is 167 Å². The number of benzene rings is 1. The molecule has 3 N–H and O–H groups in total. The second-order valence-corrected chi connectivity index (χ2v) is 7.93. The van der Waals surface area contributed by atoms with Crippen LogP contribution in [0.3, 0.4) is 0 Å². The van der Waals surface area contributed by atoms with Crippen LogP contribution in [0, 0.1) is 10.8 Å². The van der Waals surface area contributed by atoms with Gasteiger partial charge in [-0.15, -0.1) is 0 Å². The van der Waals surface area contributed by atoms with Crippen molar-refractivity contribution in [2.24, 2.45) is 10.8 Å². The highest BCUT2D eigenvalue weighted by molar-refractivity contribution is 5.84. The first-order valence-corrected chi connectivity index (χ1v) is 9.51. The molecule has 0 aromatic heterocycles. The Hall–Kier alpha value is -2.28. The molecule has 158 valence electrons. The lowest BCUT2D eigenvalue weighted by molar-refractivity contribution is -0.158. The molecule has 1 unspecified atom stereocenters. The molecular formula is C21H33NO6. The first-order valence-electron chi connectivity index (χ1n) is 9.51. The van der Waals surface area contributed by atoms with Gasteiger partial charge in [0.2, 0.25) is 5.91 Å². The van der Waals surface area contributed by atoms with Gasteiger partial charge in [-0.25, -0.2) is 0 Å². The van der Waals surface area contributed by atoms with E-state index in [1.165, 1.54) is 19.2 Å².